The van der Waals surface area contributed by atoms with E-state index < -0.39 is 0 Å². The molecule has 1 atom stereocenters. The average molecular weight is 238 g/mol. The minimum atomic E-state index is -0.202. The normalized spacial score (nSPS) is 19.6. The van der Waals surface area contributed by atoms with Gasteiger partial charge in [-0.2, -0.15) is 11.8 Å². The number of anilines is 1. The Bertz CT molecular complexity index is 379. The van der Waals surface area contributed by atoms with Gasteiger partial charge in [0.1, 0.15) is 11.5 Å². The van der Waals surface area contributed by atoms with E-state index in [1.165, 1.54) is 31.0 Å². The summed E-state index contributed by atoms with van der Waals surface area (Å²) in [5.74, 6) is 1.26. The van der Waals surface area contributed by atoms with Gasteiger partial charge in [-0.05, 0) is 18.6 Å². The van der Waals surface area contributed by atoms with E-state index in [0.29, 0.717) is 11.8 Å². The minimum absolute atomic E-state index is 0.202. The summed E-state index contributed by atoms with van der Waals surface area (Å²) in [7, 11) is 0. The first-order valence-electron chi connectivity index (χ1n) is 5.23. The smallest absolute Gasteiger partial charge is 0.271 e. The highest BCUT2D eigenvalue weighted by Crippen LogP contribution is 2.25. The predicted molar refractivity (Wildman–Crippen MR) is 64.3 cm³/mol. The van der Waals surface area contributed by atoms with Gasteiger partial charge >= 0.3 is 0 Å². The number of thioether (sulfide) groups is 1. The largest absolute Gasteiger partial charge is 0.382 e. The Labute approximate surface area is 98.2 Å². The number of carbonyl (C=O) groups is 1. The molecule has 2 heterocycles. The number of carbonyl (C=O) groups excluding carboxylic acids is 1. The van der Waals surface area contributed by atoms with Crippen molar-refractivity contribution in [1.82, 2.24) is 15.3 Å². The van der Waals surface area contributed by atoms with Crippen molar-refractivity contribution >= 4 is 23.5 Å². The van der Waals surface area contributed by atoms with Crippen LogP contribution in [0.5, 0.6) is 0 Å². The molecule has 3 N–H and O–H groups in total. The van der Waals surface area contributed by atoms with E-state index in [2.05, 4.69) is 15.3 Å². The monoisotopic (exact) mass is 238 g/mol. The molecule has 2 rings (SSSR count). The number of hydrogen-bond donors (Lipinski definition) is 2. The fourth-order valence-electron chi connectivity index (χ4n) is 1.59. The molecule has 16 heavy (non-hydrogen) atoms. The maximum absolute atomic E-state index is 11.7. The highest BCUT2D eigenvalue weighted by molar-refractivity contribution is 8.00. The molecule has 1 aromatic rings. The van der Waals surface area contributed by atoms with E-state index in [-0.39, 0.29) is 17.4 Å². The molecule has 0 saturated carbocycles. The van der Waals surface area contributed by atoms with Crippen LogP contribution in [0.4, 0.5) is 5.82 Å². The van der Waals surface area contributed by atoms with Crippen LogP contribution in [0.3, 0.4) is 0 Å². The van der Waals surface area contributed by atoms with Gasteiger partial charge in [-0.25, -0.2) is 4.98 Å². The summed E-state index contributed by atoms with van der Waals surface area (Å²) in [6.07, 6.45) is 5.26. The molecule has 0 radical (unpaired) electrons. The fourth-order valence-corrected chi connectivity index (χ4v) is 2.79. The van der Waals surface area contributed by atoms with Crippen LogP contribution >= 0.6 is 11.8 Å². The number of nitrogen functional groups attached to an aromatic ring is 1. The van der Waals surface area contributed by atoms with E-state index in [0.717, 1.165) is 0 Å². The van der Waals surface area contributed by atoms with Gasteiger partial charge in [0.2, 0.25) is 0 Å². The summed E-state index contributed by atoms with van der Waals surface area (Å²) in [6, 6.07) is 0. The number of aromatic nitrogens is 2. The van der Waals surface area contributed by atoms with Crippen LogP contribution in [0, 0.1) is 0 Å². The Balaban J connectivity index is 1.87. The molecule has 0 bridgehead atoms. The molecule has 0 aromatic carbocycles. The lowest BCUT2D eigenvalue weighted by atomic mass is 10.2. The number of nitrogens with one attached hydrogen (secondary N) is 1. The van der Waals surface area contributed by atoms with Crippen LogP contribution in [0.25, 0.3) is 0 Å². The van der Waals surface area contributed by atoms with Crippen LogP contribution in [-0.2, 0) is 0 Å². The summed E-state index contributed by atoms with van der Waals surface area (Å²) in [5.41, 5.74) is 5.74. The molecule has 1 saturated heterocycles. The second-order valence-electron chi connectivity index (χ2n) is 3.67. The molecule has 5 nitrogen and oxygen atoms in total. The third-order valence-electron chi connectivity index (χ3n) is 2.40. The quantitative estimate of drug-likeness (QED) is 0.809. The van der Waals surface area contributed by atoms with Gasteiger partial charge < -0.3 is 11.1 Å². The second-order valence-corrected chi connectivity index (χ2v) is 5.08. The maximum Gasteiger partial charge on any atom is 0.271 e. The van der Waals surface area contributed by atoms with Crippen LogP contribution in [0.1, 0.15) is 23.3 Å². The lowest BCUT2D eigenvalue weighted by Crippen LogP contribution is -2.30. The van der Waals surface area contributed by atoms with E-state index in [4.69, 9.17) is 5.73 Å². The molecular weight excluding hydrogens is 224 g/mol. The van der Waals surface area contributed by atoms with Crippen molar-refractivity contribution in [2.45, 2.75) is 18.1 Å². The van der Waals surface area contributed by atoms with Gasteiger partial charge in [0, 0.05) is 11.8 Å². The zero-order valence-corrected chi connectivity index (χ0v) is 9.67. The third-order valence-corrected chi connectivity index (χ3v) is 3.80. The average Bonchev–Trinajstić information content (AvgIpc) is 2.78. The first-order valence-corrected chi connectivity index (χ1v) is 6.28. The van der Waals surface area contributed by atoms with E-state index in [1.807, 2.05) is 11.8 Å². The number of nitrogens with zero attached hydrogens (tertiary/aromatic N) is 2. The standard InChI is InChI=1S/C10H14N4OS/c11-9-6-12-5-8(14-9)10(15)13-4-7-2-1-3-16-7/h5-7H,1-4H2,(H2,11,14)(H,13,15). The molecule has 1 fully saturated rings. The zero-order chi connectivity index (χ0) is 11.4. The molecule has 1 aromatic heterocycles. The highest BCUT2D eigenvalue weighted by atomic mass is 32.2. The maximum atomic E-state index is 11.7. The van der Waals surface area contributed by atoms with Crippen molar-refractivity contribution in [2.75, 3.05) is 18.0 Å². The summed E-state index contributed by atoms with van der Waals surface area (Å²) >= 11 is 1.91. The van der Waals surface area contributed by atoms with Crippen molar-refractivity contribution in [3.05, 3.63) is 18.1 Å². The van der Waals surface area contributed by atoms with Crippen molar-refractivity contribution in [3.63, 3.8) is 0 Å². The second kappa shape index (κ2) is 5.16. The number of amides is 1. The SMILES string of the molecule is Nc1cncc(C(=O)NCC2CCCS2)n1. The molecule has 1 aliphatic heterocycles. The topological polar surface area (TPSA) is 80.9 Å². The van der Waals surface area contributed by atoms with Crippen molar-refractivity contribution in [1.29, 1.82) is 0 Å². The number of nitrogens with two attached hydrogens (primary N) is 1. The Kier molecular flexibility index (Phi) is 3.61. The summed E-state index contributed by atoms with van der Waals surface area (Å²) in [5, 5.41) is 3.39. The van der Waals surface area contributed by atoms with Crippen LogP contribution in [0.15, 0.2) is 12.4 Å². The third kappa shape index (κ3) is 2.85. The highest BCUT2D eigenvalue weighted by Gasteiger charge is 2.17. The van der Waals surface area contributed by atoms with Gasteiger partial charge in [0.25, 0.3) is 5.91 Å². The Morgan fingerprint density at radius 2 is 2.50 bits per heavy atom. The summed E-state index contributed by atoms with van der Waals surface area (Å²) in [6.45, 7) is 0.694. The molecule has 1 aliphatic rings. The van der Waals surface area contributed by atoms with Crippen molar-refractivity contribution < 1.29 is 4.79 Å². The number of rotatable bonds is 3. The van der Waals surface area contributed by atoms with E-state index in [9.17, 15) is 4.79 Å². The molecule has 6 heteroatoms. The zero-order valence-electron chi connectivity index (χ0n) is 8.85. The van der Waals surface area contributed by atoms with Crippen LogP contribution in [0.2, 0.25) is 0 Å². The van der Waals surface area contributed by atoms with Crippen molar-refractivity contribution in [3.8, 4) is 0 Å². The Morgan fingerprint density at radius 3 is 3.19 bits per heavy atom. The molecule has 1 amide bonds. The lowest BCUT2D eigenvalue weighted by Gasteiger charge is -2.09. The first-order chi connectivity index (χ1) is 7.75. The van der Waals surface area contributed by atoms with Gasteiger partial charge in [-0.3, -0.25) is 9.78 Å². The fraction of sp³-hybridized carbons (Fsp3) is 0.500. The molecule has 1 unspecified atom stereocenters. The van der Waals surface area contributed by atoms with Gasteiger partial charge in [0.05, 0.1) is 12.4 Å². The number of hydrogen-bond acceptors (Lipinski definition) is 5. The van der Waals surface area contributed by atoms with Gasteiger partial charge in [0.15, 0.2) is 0 Å². The van der Waals surface area contributed by atoms with Crippen LogP contribution in [-0.4, -0.2) is 33.4 Å². The van der Waals surface area contributed by atoms with E-state index >= 15 is 0 Å². The molecule has 0 aliphatic carbocycles. The van der Waals surface area contributed by atoms with Gasteiger partial charge in [-0.1, -0.05) is 0 Å². The molecule has 0 spiro atoms. The van der Waals surface area contributed by atoms with Gasteiger partial charge in [-0.15, -0.1) is 0 Å². The molecule has 86 valence electrons. The van der Waals surface area contributed by atoms with Crippen LogP contribution < -0.4 is 11.1 Å². The lowest BCUT2D eigenvalue weighted by molar-refractivity contribution is 0.0948. The Morgan fingerprint density at radius 1 is 1.62 bits per heavy atom. The Hall–Kier alpha value is -1.30. The minimum Gasteiger partial charge on any atom is -0.382 e. The summed E-state index contributed by atoms with van der Waals surface area (Å²) < 4.78 is 0. The first kappa shape index (κ1) is 11.2. The van der Waals surface area contributed by atoms with E-state index in [1.54, 1.807) is 0 Å². The predicted octanol–water partition coefficient (Wildman–Crippen LogP) is 0.684. The summed E-state index contributed by atoms with van der Waals surface area (Å²) in [4.78, 5) is 19.4. The molecular formula is C10H14N4OS. The van der Waals surface area contributed by atoms with Crippen molar-refractivity contribution in [2.24, 2.45) is 0 Å².